The highest BCUT2D eigenvalue weighted by atomic mass is 32.1. The fourth-order valence-electron chi connectivity index (χ4n) is 1.80. The van der Waals surface area contributed by atoms with Gasteiger partial charge in [0.1, 0.15) is 0 Å². The van der Waals surface area contributed by atoms with E-state index in [-0.39, 0.29) is 12.5 Å². The van der Waals surface area contributed by atoms with Crippen molar-refractivity contribution in [2.24, 2.45) is 0 Å². The second-order valence-corrected chi connectivity index (χ2v) is 5.45. The molecule has 0 unspecified atom stereocenters. The molecule has 0 aliphatic carbocycles. The highest BCUT2D eigenvalue weighted by molar-refractivity contribution is 7.14. The summed E-state index contributed by atoms with van der Waals surface area (Å²) >= 11 is 1.53. The van der Waals surface area contributed by atoms with Gasteiger partial charge in [0.15, 0.2) is 0 Å². The number of nitrogens with one attached hydrogen (secondary N) is 1. The van der Waals surface area contributed by atoms with E-state index >= 15 is 0 Å². The Labute approximate surface area is 116 Å². The Hall–Kier alpha value is -1.65. The number of hydrogen-bond acceptors (Lipinski definition) is 3. The van der Waals surface area contributed by atoms with Crippen molar-refractivity contribution in [1.82, 2.24) is 5.32 Å². The molecule has 100 valence electrons. The van der Waals surface area contributed by atoms with E-state index in [2.05, 4.69) is 12.2 Å². The molecule has 0 saturated carbocycles. The van der Waals surface area contributed by atoms with Crippen LogP contribution in [0.2, 0.25) is 0 Å². The first-order valence-electron chi connectivity index (χ1n) is 6.28. The Morgan fingerprint density at radius 2 is 2.05 bits per heavy atom. The summed E-state index contributed by atoms with van der Waals surface area (Å²) in [4.78, 5) is 13.9. The fraction of sp³-hybridized carbons (Fsp3) is 0.267. The van der Waals surface area contributed by atoms with Crippen molar-refractivity contribution in [3.8, 4) is 0 Å². The first kappa shape index (κ1) is 13.8. The normalized spacial score (nSPS) is 10.4. The van der Waals surface area contributed by atoms with E-state index < -0.39 is 0 Å². The Morgan fingerprint density at radius 3 is 2.74 bits per heavy atom. The molecule has 0 aliphatic heterocycles. The number of hydrogen-bond donors (Lipinski definition) is 2. The van der Waals surface area contributed by atoms with Crippen LogP contribution in [0.5, 0.6) is 0 Å². The van der Waals surface area contributed by atoms with Gasteiger partial charge >= 0.3 is 0 Å². The van der Waals surface area contributed by atoms with Crippen LogP contribution in [0.25, 0.3) is 0 Å². The molecule has 2 N–H and O–H groups in total. The van der Waals surface area contributed by atoms with Crippen molar-refractivity contribution < 1.29 is 9.90 Å². The Morgan fingerprint density at radius 1 is 1.26 bits per heavy atom. The van der Waals surface area contributed by atoms with Crippen molar-refractivity contribution in [2.75, 3.05) is 0 Å². The van der Waals surface area contributed by atoms with Crippen molar-refractivity contribution in [3.05, 3.63) is 57.3 Å². The van der Waals surface area contributed by atoms with E-state index in [0.717, 1.165) is 22.4 Å². The third-order valence-electron chi connectivity index (χ3n) is 2.86. The van der Waals surface area contributed by atoms with Gasteiger partial charge in [-0.15, -0.1) is 11.3 Å². The molecule has 1 heterocycles. The lowest BCUT2D eigenvalue weighted by molar-refractivity contribution is 0.0955. The molecule has 3 nitrogen and oxygen atoms in total. The van der Waals surface area contributed by atoms with Crippen LogP contribution in [0.4, 0.5) is 0 Å². The van der Waals surface area contributed by atoms with E-state index in [9.17, 15) is 4.79 Å². The molecule has 1 aromatic carbocycles. The minimum atomic E-state index is -0.0425. The molecule has 0 saturated heterocycles. The third kappa shape index (κ3) is 3.66. The van der Waals surface area contributed by atoms with E-state index in [0.29, 0.717) is 6.54 Å². The molecule has 2 aromatic rings. The van der Waals surface area contributed by atoms with Crippen LogP contribution in [-0.2, 0) is 19.6 Å². The Balaban J connectivity index is 1.96. The molecule has 1 amide bonds. The lowest BCUT2D eigenvalue weighted by atomic mass is 10.1. The maximum atomic E-state index is 12.0. The Kier molecular flexibility index (Phi) is 4.71. The molecular formula is C15H17NO2S. The predicted molar refractivity (Wildman–Crippen MR) is 77.2 cm³/mol. The number of benzene rings is 1. The minimum absolute atomic E-state index is 0.0204. The summed E-state index contributed by atoms with van der Waals surface area (Å²) in [6.07, 6.45) is 0.955. The van der Waals surface area contributed by atoms with Gasteiger partial charge in [0.2, 0.25) is 0 Å². The lowest BCUT2D eigenvalue weighted by Crippen LogP contribution is -2.21. The van der Waals surface area contributed by atoms with Crippen molar-refractivity contribution in [2.45, 2.75) is 26.5 Å². The molecule has 0 fully saturated rings. The summed E-state index contributed by atoms with van der Waals surface area (Å²) in [5.74, 6) is -0.0425. The largest absolute Gasteiger partial charge is 0.392 e. The number of aliphatic hydroxyl groups is 1. The van der Waals surface area contributed by atoms with Crippen LogP contribution >= 0.6 is 11.3 Å². The standard InChI is InChI=1S/C15H17NO2S/c1-2-13-6-7-14(19-13)15(18)16-9-11-4-3-5-12(8-11)10-17/h3-8,17H,2,9-10H2,1H3,(H,16,18). The van der Waals surface area contributed by atoms with E-state index in [1.807, 2.05) is 36.4 Å². The number of carbonyl (C=O) groups excluding carboxylic acids is 1. The average molecular weight is 275 g/mol. The Bertz CT molecular complexity index is 563. The van der Waals surface area contributed by atoms with Gasteiger partial charge in [-0.3, -0.25) is 4.79 Å². The van der Waals surface area contributed by atoms with Gasteiger partial charge in [0.25, 0.3) is 5.91 Å². The van der Waals surface area contributed by atoms with Crippen LogP contribution in [0.15, 0.2) is 36.4 Å². The molecule has 0 radical (unpaired) electrons. The third-order valence-corrected chi connectivity index (χ3v) is 4.09. The van der Waals surface area contributed by atoms with Crippen LogP contribution in [-0.4, -0.2) is 11.0 Å². The molecule has 19 heavy (non-hydrogen) atoms. The van der Waals surface area contributed by atoms with Gasteiger partial charge in [0.05, 0.1) is 11.5 Å². The van der Waals surface area contributed by atoms with Crippen LogP contribution in [0.3, 0.4) is 0 Å². The molecule has 0 bridgehead atoms. The molecule has 1 aromatic heterocycles. The molecule has 2 rings (SSSR count). The summed E-state index contributed by atoms with van der Waals surface area (Å²) in [5, 5.41) is 12.0. The van der Waals surface area contributed by atoms with E-state index in [4.69, 9.17) is 5.11 Å². The summed E-state index contributed by atoms with van der Waals surface area (Å²) in [5.41, 5.74) is 1.85. The smallest absolute Gasteiger partial charge is 0.261 e. The summed E-state index contributed by atoms with van der Waals surface area (Å²) in [6.45, 7) is 2.58. The minimum Gasteiger partial charge on any atom is -0.392 e. The van der Waals surface area contributed by atoms with Gasteiger partial charge in [-0.05, 0) is 29.7 Å². The zero-order valence-electron chi connectivity index (χ0n) is 10.8. The second kappa shape index (κ2) is 6.50. The van der Waals surface area contributed by atoms with Crippen LogP contribution < -0.4 is 5.32 Å². The van der Waals surface area contributed by atoms with E-state index in [1.54, 1.807) is 0 Å². The summed E-state index contributed by atoms with van der Waals surface area (Å²) < 4.78 is 0. The predicted octanol–water partition coefficient (Wildman–Crippen LogP) is 2.73. The molecule has 0 atom stereocenters. The zero-order chi connectivity index (χ0) is 13.7. The number of aryl methyl sites for hydroxylation is 1. The van der Waals surface area contributed by atoms with Crippen molar-refractivity contribution in [3.63, 3.8) is 0 Å². The van der Waals surface area contributed by atoms with Gasteiger partial charge in [-0.2, -0.15) is 0 Å². The highest BCUT2D eigenvalue weighted by Gasteiger charge is 2.08. The van der Waals surface area contributed by atoms with Gasteiger partial charge in [0, 0.05) is 11.4 Å². The van der Waals surface area contributed by atoms with Crippen molar-refractivity contribution >= 4 is 17.2 Å². The number of carbonyl (C=O) groups is 1. The maximum absolute atomic E-state index is 12.0. The second-order valence-electron chi connectivity index (χ2n) is 4.28. The van der Waals surface area contributed by atoms with Crippen molar-refractivity contribution in [1.29, 1.82) is 0 Å². The lowest BCUT2D eigenvalue weighted by Gasteiger charge is -2.05. The number of thiophene rings is 1. The molecule has 4 heteroatoms. The first-order valence-corrected chi connectivity index (χ1v) is 7.10. The maximum Gasteiger partial charge on any atom is 0.261 e. The van der Waals surface area contributed by atoms with Crippen LogP contribution in [0.1, 0.15) is 32.6 Å². The number of rotatable bonds is 5. The zero-order valence-corrected chi connectivity index (χ0v) is 11.7. The van der Waals surface area contributed by atoms with Gasteiger partial charge in [-0.1, -0.05) is 31.2 Å². The van der Waals surface area contributed by atoms with Crippen LogP contribution in [0, 0.1) is 0 Å². The fourth-order valence-corrected chi connectivity index (χ4v) is 2.66. The average Bonchev–Trinajstić information content (AvgIpc) is 2.94. The SMILES string of the molecule is CCc1ccc(C(=O)NCc2cccc(CO)c2)s1. The number of aliphatic hydroxyl groups excluding tert-OH is 1. The summed E-state index contributed by atoms with van der Waals surface area (Å²) in [6, 6.07) is 11.4. The first-order chi connectivity index (χ1) is 9.22. The van der Waals surface area contributed by atoms with E-state index in [1.165, 1.54) is 16.2 Å². The molecule has 0 aliphatic rings. The molecule has 0 spiro atoms. The molecular weight excluding hydrogens is 258 g/mol. The highest BCUT2D eigenvalue weighted by Crippen LogP contribution is 2.16. The quantitative estimate of drug-likeness (QED) is 0.881. The monoisotopic (exact) mass is 275 g/mol. The topological polar surface area (TPSA) is 49.3 Å². The van der Waals surface area contributed by atoms with Gasteiger partial charge in [-0.25, -0.2) is 0 Å². The number of amides is 1. The van der Waals surface area contributed by atoms with Gasteiger partial charge < -0.3 is 10.4 Å². The summed E-state index contributed by atoms with van der Waals surface area (Å²) in [7, 11) is 0.